The molecule has 0 radical (unpaired) electrons. The number of hydroxylamine groups is 2. The van der Waals surface area contributed by atoms with Gasteiger partial charge in [0.15, 0.2) is 0 Å². The number of ether oxygens (including phenoxy) is 1. The first kappa shape index (κ1) is 15.8. The minimum atomic E-state index is -5.10. The second-order valence-electron chi connectivity index (χ2n) is 4.75. The number of fused-ring (bicyclic) bond motifs is 3. The number of hydrogen-bond acceptors (Lipinski definition) is 5. The molecule has 0 fully saturated rings. The van der Waals surface area contributed by atoms with Crippen LogP contribution in [0.3, 0.4) is 0 Å². The molecule has 122 valence electrons. The number of carbonyl (C=O) groups is 2. The number of methoxy groups -OCH3 is 1. The quantitative estimate of drug-likeness (QED) is 0.738. The fourth-order valence-electron chi connectivity index (χ4n) is 2.53. The van der Waals surface area contributed by atoms with E-state index < -0.39 is 35.1 Å². The maximum atomic E-state index is 13.1. The van der Waals surface area contributed by atoms with Crippen molar-refractivity contribution in [1.82, 2.24) is 5.06 Å². The zero-order chi connectivity index (χ0) is 17.2. The third kappa shape index (κ3) is 1.98. The van der Waals surface area contributed by atoms with Gasteiger partial charge in [-0.05, 0) is 12.1 Å². The smallest absolute Gasteiger partial charge is 0.453 e. The molecule has 2 aliphatic heterocycles. The number of nitrogens with zero attached hydrogens (tertiary/aromatic N) is 1. The number of hydrogen-bond donors (Lipinski definition) is 1. The Kier molecular flexibility index (Phi) is 3.24. The predicted octanol–water partition coefficient (Wildman–Crippen LogP) is 1.98. The molecule has 3 rings (SSSR count). The molecule has 1 unspecified atom stereocenters. The molecule has 1 aromatic carbocycles. The van der Waals surface area contributed by atoms with E-state index in [1.165, 1.54) is 18.2 Å². The van der Waals surface area contributed by atoms with Gasteiger partial charge >= 0.3 is 12.1 Å². The Morgan fingerprint density at radius 2 is 2.09 bits per heavy atom. The van der Waals surface area contributed by atoms with Crippen LogP contribution in [0.4, 0.5) is 13.2 Å². The van der Waals surface area contributed by atoms with E-state index in [-0.39, 0.29) is 16.2 Å². The van der Waals surface area contributed by atoms with Crippen LogP contribution < -0.4 is 0 Å². The minimum absolute atomic E-state index is 0.0931. The van der Waals surface area contributed by atoms with E-state index in [1.807, 2.05) is 0 Å². The van der Waals surface area contributed by atoms with Gasteiger partial charge in [0.05, 0.1) is 12.7 Å². The van der Waals surface area contributed by atoms with Crippen molar-refractivity contribution >= 4 is 27.8 Å². The topological polar surface area (TPSA) is 76.1 Å². The van der Waals surface area contributed by atoms with Crippen molar-refractivity contribution in [2.24, 2.45) is 0 Å². The van der Waals surface area contributed by atoms with Crippen LogP contribution in [0.25, 0.3) is 0 Å². The lowest BCUT2D eigenvalue weighted by molar-refractivity contribution is -0.223. The summed E-state index contributed by atoms with van der Waals surface area (Å²) in [5.41, 5.74) is -4.19. The van der Waals surface area contributed by atoms with Crippen molar-refractivity contribution < 1.29 is 37.4 Å². The Morgan fingerprint density at radius 1 is 1.43 bits per heavy atom. The Labute approximate surface area is 135 Å². The minimum Gasteiger partial charge on any atom is -0.465 e. The molecule has 1 aromatic rings. The Hall–Kier alpha value is -2.07. The fraction of sp³-hybridized carbons (Fsp3) is 0.231. The molecule has 23 heavy (non-hydrogen) atoms. The number of amides is 1. The first-order valence-corrected chi connectivity index (χ1v) is 6.87. The van der Waals surface area contributed by atoms with Gasteiger partial charge in [0.25, 0.3) is 11.7 Å². The van der Waals surface area contributed by atoms with Gasteiger partial charge in [-0.3, -0.25) is 4.79 Å². The van der Waals surface area contributed by atoms with Crippen molar-refractivity contribution in [2.75, 3.05) is 7.11 Å². The molecule has 1 amide bonds. The molecular formula is C13H7BrF3NO5. The van der Waals surface area contributed by atoms with Crippen LogP contribution in [0.15, 0.2) is 34.0 Å². The molecule has 0 saturated heterocycles. The fourth-order valence-corrected chi connectivity index (χ4v) is 2.89. The van der Waals surface area contributed by atoms with Crippen molar-refractivity contribution in [3.05, 3.63) is 45.1 Å². The van der Waals surface area contributed by atoms with Gasteiger partial charge in [0.1, 0.15) is 5.57 Å². The van der Waals surface area contributed by atoms with Crippen molar-refractivity contribution in [2.45, 2.75) is 11.9 Å². The third-order valence-corrected chi connectivity index (χ3v) is 3.96. The molecule has 0 bridgehead atoms. The molecule has 1 N–H and O–H groups in total. The lowest BCUT2D eigenvalue weighted by Crippen LogP contribution is -2.42. The highest BCUT2D eigenvalue weighted by atomic mass is 79.9. The number of aliphatic hydroxyl groups is 1. The zero-order valence-corrected chi connectivity index (χ0v) is 12.9. The van der Waals surface area contributed by atoms with Crippen LogP contribution in [0.2, 0.25) is 0 Å². The van der Waals surface area contributed by atoms with Gasteiger partial charge in [-0.1, -0.05) is 22.0 Å². The van der Waals surface area contributed by atoms with Crippen LogP contribution >= 0.6 is 15.9 Å². The summed E-state index contributed by atoms with van der Waals surface area (Å²) in [6.45, 7) is 0. The second kappa shape index (κ2) is 4.71. The number of rotatable bonds is 1. The normalized spacial score (nSPS) is 22.9. The van der Waals surface area contributed by atoms with Gasteiger partial charge in [0.2, 0.25) is 5.72 Å². The molecule has 1 atom stereocenters. The van der Waals surface area contributed by atoms with Crippen molar-refractivity contribution in [3.63, 3.8) is 0 Å². The van der Waals surface area contributed by atoms with E-state index in [0.29, 0.717) is 4.47 Å². The summed E-state index contributed by atoms with van der Waals surface area (Å²) in [6.07, 6.45) is -5.10. The highest BCUT2D eigenvalue weighted by molar-refractivity contribution is 9.10. The molecule has 2 aliphatic rings. The summed E-state index contributed by atoms with van der Waals surface area (Å²) < 4.78 is 44.1. The summed E-state index contributed by atoms with van der Waals surface area (Å²) in [5, 5.41) is 10.9. The van der Waals surface area contributed by atoms with Gasteiger partial charge in [-0.15, -0.1) is 5.06 Å². The summed E-state index contributed by atoms with van der Waals surface area (Å²) in [7, 11) is 0.856. The van der Waals surface area contributed by atoms with E-state index in [0.717, 1.165) is 7.11 Å². The van der Waals surface area contributed by atoms with E-state index in [9.17, 15) is 27.9 Å². The largest absolute Gasteiger partial charge is 0.465 e. The summed E-state index contributed by atoms with van der Waals surface area (Å²) in [4.78, 5) is 28.6. The molecule has 0 aliphatic carbocycles. The van der Waals surface area contributed by atoms with Crippen LogP contribution in [-0.2, 0) is 20.1 Å². The lowest BCUT2D eigenvalue weighted by atomic mass is 9.93. The van der Waals surface area contributed by atoms with E-state index in [1.54, 1.807) is 0 Å². The Morgan fingerprint density at radius 3 is 2.65 bits per heavy atom. The zero-order valence-electron chi connectivity index (χ0n) is 11.3. The second-order valence-corrected chi connectivity index (χ2v) is 5.66. The number of halogens is 4. The maximum absolute atomic E-state index is 13.1. The van der Waals surface area contributed by atoms with Crippen LogP contribution in [0.1, 0.15) is 15.9 Å². The SMILES string of the molecule is COC(=O)C1=C(C(F)(F)F)ON2C(=O)c3cc(Br)ccc3C12O. The third-order valence-electron chi connectivity index (χ3n) is 3.47. The molecule has 0 spiro atoms. The molecular weight excluding hydrogens is 387 g/mol. The van der Waals surface area contributed by atoms with Gasteiger partial charge in [-0.2, -0.15) is 13.2 Å². The molecule has 10 heteroatoms. The van der Waals surface area contributed by atoms with Crippen LogP contribution in [0, 0.1) is 0 Å². The van der Waals surface area contributed by atoms with E-state index in [4.69, 9.17) is 0 Å². The average molecular weight is 394 g/mol. The molecule has 0 saturated carbocycles. The highest BCUT2D eigenvalue weighted by Crippen LogP contribution is 2.52. The number of allylic oxidation sites excluding steroid dienone is 1. The summed E-state index contributed by atoms with van der Waals surface area (Å²) in [5.74, 6) is -4.25. The number of carbonyl (C=O) groups excluding carboxylic acids is 2. The van der Waals surface area contributed by atoms with Gasteiger partial charge in [-0.25, -0.2) is 4.79 Å². The Bertz CT molecular complexity index is 775. The average Bonchev–Trinajstić information content (AvgIpc) is 2.88. The first-order valence-electron chi connectivity index (χ1n) is 6.07. The van der Waals surface area contributed by atoms with Crippen molar-refractivity contribution in [1.29, 1.82) is 0 Å². The van der Waals surface area contributed by atoms with Crippen LogP contribution in [0.5, 0.6) is 0 Å². The van der Waals surface area contributed by atoms with Crippen LogP contribution in [-0.4, -0.2) is 35.3 Å². The van der Waals surface area contributed by atoms with Crippen molar-refractivity contribution in [3.8, 4) is 0 Å². The lowest BCUT2D eigenvalue weighted by Gasteiger charge is -2.25. The Balaban J connectivity index is 2.30. The first-order chi connectivity index (χ1) is 10.6. The van der Waals surface area contributed by atoms with E-state index in [2.05, 4.69) is 25.5 Å². The molecule has 0 aromatic heterocycles. The predicted molar refractivity (Wildman–Crippen MR) is 70.4 cm³/mol. The summed E-state index contributed by atoms with van der Waals surface area (Å²) in [6, 6.07) is 3.94. The number of esters is 1. The molecule has 6 nitrogen and oxygen atoms in total. The monoisotopic (exact) mass is 393 g/mol. The maximum Gasteiger partial charge on any atom is 0.453 e. The van der Waals surface area contributed by atoms with Gasteiger partial charge in [0, 0.05) is 10.0 Å². The highest BCUT2D eigenvalue weighted by Gasteiger charge is 2.65. The van der Waals surface area contributed by atoms with E-state index >= 15 is 0 Å². The number of alkyl halides is 3. The van der Waals surface area contributed by atoms with Gasteiger partial charge < -0.3 is 14.7 Å². The standard InChI is InChI=1S/C13H7BrF3NO5/c1-22-11(20)8-9(13(15,16)17)23-18-10(19)6-4-5(14)2-3-7(6)12(8,18)21/h2-4,21H,1H3. The number of benzene rings is 1. The molecule has 2 heterocycles. The summed E-state index contributed by atoms with van der Waals surface area (Å²) >= 11 is 3.11.